The van der Waals surface area contributed by atoms with E-state index in [0.29, 0.717) is 25.0 Å². The van der Waals surface area contributed by atoms with Crippen molar-refractivity contribution >= 4 is 5.91 Å². The highest BCUT2D eigenvalue weighted by molar-refractivity contribution is 5.78. The monoisotopic (exact) mass is 399 g/mol. The Kier molecular flexibility index (Phi) is 5.50. The Morgan fingerprint density at radius 2 is 1.93 bits per heavy atom. The lowest BCUT2D eigenvalue weighted by atomic mass is 9.77. The summed E-state index contributed by atoms with van der Waals surface area (Å²) in [6, 6.07) is 7.93. The van der Waals surface area contributed by atoms with E-state index in [1.165, 1.54) is 19.4 Å². The van der Waals surface area contributed by atoms with Crippen LogP contribution in [0.25, 0.3) is 0 Å². The fourth-order valence-electron chi connectivity index (χ4n) is 5.47. The molecule has 2 saturated carbocycles. The average Bonchev–Trinajstić information content (AvgIpc) is 3.45. The lowest BCUT2D eigenvalue weighted by Gasteiger charge is -2.36. The van der Waals surface area contributed by atoms with Gasteiger partial charge >= 0.3 is 0 Å². The van der Waals surface area contributed by atoms with Crippen molar-refractivity contribution in [2.75, 3.05) is 39.3 Å². The van der Waals surface area contributed by atoms with Gasteiger partial charge in [0.25, 0.3) is 0 Å². The van der Waals surface area contributed by atoms with Gasteiger partial charge in [-0.05, 0) is 49.5 Å². The Hall–Kier alpha value is -1.63. The third-order valence-corrected chi connectivity index (χ3v) is 7.18. The molecule has 158 valence electrons. The maximum absolute atomic E-state index is 12.7. The van der Waals surface area contributed by atoms with Crippen LogP contribution in [-0.2, 0) is 11.3 Å². The van der Waals surface area contributed by atoms with Crippen LogP contribution in [0.15, 0.2) is 24.3 Å². The van der Waals surface area contributed by atoms with Gasteiger partial charge in [0.15, 0.2) is 0 Å². The summed E-state index contributed by atoms with van der Waals surface area (Å²) in [4.78, 5) is 17.5. The molecule has 5 rings (SSSR count). The first-order chi connectivity index (χ1) is 14.1. The number of nitrogens with one attached hydrogen (secondary N) is 1. The van der Waals surface area contributed by atoms with Crippen molar-refractivity contribution in [2.45, 2.75) is 44.4 Å². The van der Waals surface area contributed by atoms with Crippen LogP contribution >= 0.6 is 0 Å². The first-order valence-corrected chi connectivity index (χ1v) is 11.3. The van der Waals surface area contributed by atoms with Crippen LogP contribution in [0.5, 0.6) is 5.75 Å². The molecule has 3 fully saturated rings. The van der Waals surface area contributed by atoms with Crippen molar-refractivity contribution in [2.24, 2.45) is 17.8 Å². The molecule has 4 aliphatic rings. The van der Waals surface area contributed by atoms with Gasteiger partial charge in [0, 0.05) is 38.3 Å². The second-order valence-electron chi connectivity index (χ2n) is 9.56. The van der Waals surface area contributed by atoms with Crippen molar-refractivity contribution in [1.29, 1.82) is 0 Å². The van der Waals surface area contributed by atoms with Crippen LogP contribution < -0.4 is 10.1 Å². The van der Waals surface area contributed by atoms with Crippen LogP contribution in [0, 0.1) is 17.8 Å². The van der Waals surface area contributed by atoms with Crippen molar-refractivity contribution < 1.29 is 14.6 Å². The van der Waals surface area contributed by atoms with Crippen molar-refractivity contribution in [3.63, 3.8) is 0 Å². The second kappa shape index (κ2) is 8.25. The highest BCUT2D eigenvalue weighted by Gasteiger charge is 2.43. The third-order valence-electron chi connectivity index (χ3n) is 7.18. The summed E-state index contributed by atoms with van der Waals surface area (Å²) in [6.45, 7) is 5.90. The molecule has 1 saturated heterocycles. The van der Waals surface area contributed by atoms with E-state index in [0.717, 1.165) is 56.3 Å². The van der Waals surface area contributed by atoms with E-state index < -0.39 is 6.10 Å². The van der Waals surface area contributed by atoms with Gasteiger partial charge in [0.2, 0.25) is 5.91 Å². The zero-order chi connectivity index (χ0) is 19.8. The predicted octanol–water partition coefficient (Wildman–Crippen LogP) is 1.48. The number of carbonyl (C=O) groups is 1. The van der Waals surface area contributed by atoms with E-state index in [-0.39, 0.29) is 11.9 Å². The van der Waals surface area contributed by atoms with E-state index in [1.807, 2.05) is 18.2 Å². The Balaban J connectivity index is 1.14. The van der Waals surface area contributed by atoms with Gasteiger partial charge in [-0.3, -0.25) is 9.69 Å². The number of aliphatic hydroxyl groups is 1. The Morgan fingerprint density at radius 3 is 2.76 bits per heavy atom. The number of likely N-dealkylation sites (tertiary alicyclic amines) is 1. The molecule has 1 amide bonds. The van der Waals surface area contributed by atoms with Crippen molar-refractivity contribution in [3.05, 3.63) is 29.8 Å². The largest absolute Gasteiger partial charge is 0.492 e. The number of fused-ring (bicyclic) bond motifs is 2. The maximum Gasteiger partial charge on any atom is 0.234 e. The number of para-hydroxylation sites is 1. The number of rotatable bonds is 5. The number of benzene rings is 1. The number of carbonyl (C=O) groups excluding carboxylic acids is 1. The van der Waals surface area contributed by atoms with Gasteiger partial charge in [0.1, 0.15) is 12.4 Å². The van der Waals surface area contributed by atoms with Crippen LogP contribution in [0.4, 0.5) is 0 Å². The number of aliphatic hydroxyl groups excluding tert-OH is 1. The van der Waals surface area contributed by atoms with Crippen LogP contribution in [0.2, 0.25) is 0 Å². The normalized spacial score (nSPS) is 32.7. The van der Waals surface area contributed by atoms with Gasteiger partial charge in [-0.2, -0.15) is 0 Å². The average molecular weight is 400 g/mol. The molecule has 0 bridgehead atoms. The molecule has 29 heavy (non-hydrogen) atoms. The number of ether oxygens (including phenoxy) is 1. The zero-order valence-electron chi connectivity index (χ0n) is 17.1. The van der Waals surface area contributed by atoms with Gasteiger partial charge < -0.3 is 20.1 Å². The predicted molar refractivity (Wildman–Crippen MR) is 111 cm³/mol. The Bertz CT molecular complexity index is 738. The highest BCUT2D eigenvalue weighted by atomic mass is 16.5. The minimum atomic E-state index is -0.422. The van der Waals surface area contributed by atoms with Crippen LogP contribution in [-0.4, -0.2) is 72.3 Å². The first-order valence-electron chi connectivity index (χ1n) is 11.3. The molecule has 0 spiro atoms. The smallest absolute Gasteiger partial charge is 0.234 e. The summed E-state index contributed by atoms with van der Waals surface area (Å²) in [6.07, 6.45) is 4.08. The molecule has 2 aliphatic carbocycles. The number of hydrogen-bond acceptors (Lipinski definition) is 5. The summed E-state index contributed by atoms with van der Waals surface area (Å²) in [5, 5.41) is 13.8. The fraction of sp³-hybridized carbons (Fsp3) is 0.696. The molecule has 6 nitrogen and oxygen atoms in total. The lowest BCUT2D eigenvalue weighted by molar-refractivity contribution is -0.124. The number of amides is 1. The molecular weight excluding hydrogens is 366 g/mol. The Morgan fingerprint density at radius 1 is 1.14 bits per heavy atom. The Labute approximate surface area is 173 Å². The molecule has 1 aromatic carbocycles. The van der Waals surface area contributed by atoms with E-state index in [1.54, 1.807) is 0 Å². The summed E-state index contributed by atoms with van der Waals surface area (Å²) < 4.78 is 5.80. The summed E-state index contributed by atoms with van der Waals surface area (Å²) in [5.74, 6) is 3.05. The molecule has 2 N–H and O–H groups in total. The topological polar surface area (TPSA) is 65.0 Å². The minimum absolute atomic E-state index is 0.0136. The molecule has 0 radical (unpaired) electrons. The summed E-state index contributed by atoms with van der Waals surface area (Å²) in [7, 11) is 0. The van der Waals surface area contributed by atoms with Crippen LogP contribution in [0.1, 0.15) is 31.2 Å². The van der Waals surface area contributed by atoms with Crippen LogP contribution in [0.3, 0.4) is 0 Å². The molecular formula is C23H33N3O3. The van der Waals surface area contributed by atoms with Crippen molar-refractivity contribution in [1.82, 2.24) is 15.1 Å². The third kappa shape index (κ3) is 4.60. The summed E-state index contributed by atoms with van der Waals surface area (Å²) >= 11 is 0. The molecule has 2 heterocycles. The van der Waals surface area contributed by atoms with Crippen molar-refractivity contribution in [3.8, 4) is 5.75 Å². The summed E-state index contributed by atoms with van der Waals surface area (Å²) in [5.41, 5.74) is 1.13. The van der Waals surface area contributed by atoms with Gasteiger partial charge in [0.05, 0.1) is 18.7 Å². The molecule has 0 unspecified atom stereocenters. The maximum atomic E-state index is 12.7. The van der Waals surface area contributed by atoms with Gasteiger partial charge in [-0.25, -0.2) is 0 Å². The standard InChI is InChI=1S/C23H33N3O3/c27-21-10-19-14-26(11-16-5-6-16)13-18(19)9-20(21)24-23(28)15-25-7-8-29-22-4-2-1-3-17(22)12-25/h1-4,16,18-21,27H,5-15H2,(H,24,28)/t18-,19+,20-,21-/m0/s1. The van der Waals surface area contributed by atoms with E-state index in [2.05, 4.69) is 21.2 Å². The molecule has 2 aliphatic heterocycles. The molecule has 0 aromatic heterocycles. The molecule has 6 heteroatoms. The SMILES string of the molecule is O=C(CN1CCOc2ccccc2C1)N[C@H]1C[C@H]2CN(CC3CC3)C[C@H]2C[C@@H]1O. The van der Waals surface area contributed by atoms with E-state index in [4.69, 9.17) is 4.74 Å². The lowest BCUT2D eigenvalue weighted by Crippen LogP contribution is -2.51. The van der Waals surface area contributed by atoms with Gasteiger partial charge in [-0.15, -0.1) is 0 Å². The zero-order valence-corrected chi connectivity index (χ0v) is 17.1. The quantitative estimate of drug-likeness (QED) is 0.785. The first kappa shape index (κ1) is 19.3. The highest BCUT2D eigenvalue weighted by Crippen LogP contribution is 2.39. The van der Waals surface area contributed by atoms with E-state index >= 15 is 0 Å². The molecule has 4 atom stereocenters. The number of hydrogen-bond donors (Lipinski definition) is 2. The second-order valence-corrected chi connectivity index (χ2v) is 9.56. The molecule has 1 aromatic rings. The number of nitrogens with zero attached hydrogens (tertiary/aromatic N) is 2. The minimum Gasteiger partial charge on any atom is -0.492 e. The fourth-order valence-corrected chi connectivity index (χ4v) is 5.47. The van der Waals surface area contributed by atoms with E-state index in [9.17, 15) is 9.90 Å². The van der Waals surface area contributed by atoms with Gasteiger partial charge in [-0.1, -0.05) is 18.2 Å².